The van der Waals surface area contributed by atoms with E-state index in [0.717, 1.165) is 18.4 Å². The lowest BCUT2D eigenvalue weighted by Crippen LogP contribution is -2.56. The van der Waals surface area contributed by atoms with E-state index in [1.807, 2.05) is 30.3 Å². The summed E-state index contributed by atoms with van der Waals surface area (Å²) in [5.41, 5.74) is 6.65. The fourth-order valence-electron chi connectivity index (χ4n) is 2.96. The summed E-state index contributed by atoms with van der Waals surface area (Å²) in [5.74, 6) is -0.691. The van der Waals surface area contributed by atoms with Gasteiger partial charge in [0.2, 0.25) is 11.8 Å². The molecule has 1 aliphatic heterocycles. The zero-order valence-corrected chi connectivity index (χ0v) is 16.6. The number of sulfone groups is 1. The third kappa shape index (κ3) is 5.69. The molecule has 2 rings (SSSR count). The molecule has 26 heavy (non-hydrogen) atoms. The van der Waals surface area contributed by atoms with Crippen LogP contribution in [0.1, 0.15) is 19.3 Å². The predicted octanol–water partition coefficient (Wildman–Crippen LogP) is 0.824. The lowest BCUT2D eigenvalue weighted by molar-refractivity contribution is -0.139. The average molecular weight is 404 g/mol. The van der Waals surface area contributed by atoms with Crippen LogP contribution in [0.4, 0.5) is 5.69 Å². The van der Waals surface area contributed by atoms with Crippen molar-refractivity contribution in [3.05, 3.63) is 30.3 Å². The molecule has 1 aliphatic rings. The Morgan fingerprint density at radius 2 is 1.96 bits per heavy atom. The van der Waals surface area contributed by atoms with Crippen molar-refractivity contribution in [1.82, 2.24) is 4.90 Å². The van der Waals surface area contributed by atoms with E-state index in [1.54, 1.807) is 11.9 Å². The molecule has 1 saturated heterocycles. The topological polar surface area (TPSA) is 101 Å². The highest BCUT2D eigenvalue weighted by Gasteiger charge is 2.35. The number of nitrogens with two attached hydrogens (primary N) is 1. The van der Waals surface area contributed by atoms with E-state index in [9.17, 15) is 18.0 Å². The van der Waals surface area contributed by atoms with Crippen LogP contribution in [0.2, 0.25) is 0 Å². The van der Waals surface area contributed by atoms with E-state index in [1.165, 1.54) is 4.90 Å². The summed E-state index contributed by atoms with van der Waals surface area (Å²) < 4.78 is 22.5. The standard InChI is InChI=1S/C17H25N3O4S.ClH/c1-19(16(21)14(18)10-12-25(2,23)24)15-9-6-11-20(17(15)22)13-7-4-3-5-8-13;/h3-5,7-8,14-15H,6,9-12,18H2,1-2H3;1H. The zero-order chi connectivity index (χ0) is 18.6. The van der Waals surface area contributed by atoms with Gasteiger partial charge in [-0.3, -0.25) is 9.59 Å². The quantitative estimate of drug-likeness (QED) is 0.757. The summed E-state index contributed by atoms with van der Waals surface area (Å²) in [6.07, 6.45) is 2.51. The van der Waals surface area contributed by atoms with Crippen LogP contribution in [0.15, 0.2) is 30.3 Å². The second kappa shape index (κ2) is 9.34. The number of likely N-dealkylation sites (N-methyl/N-ethyl adjacent to an activating group) is 1. The van der Waals surface area contributed by atoms with Crippen LogP contribution in [-0.4, -0.2) is 62.8 Å². The van der Waals surface area contributed by atoms with Crippen LogP contribution in [-0.2, 0) is 19.4 Å². The second-order valence-electron chi connectivity index (χ2n) is 6.46. The van der Waals surface area contributed by atoms with E-state index >= 15 is 0 Å². The number of rotatable bonds is 6. The van der Waals surface area contributed by atoms with E-state index in [2.05, 4.69) is 0 Å². The van der Waals surface area contributed by atoms with Crippen molar-refractivity contribution in [2.75, 3.05) is 30.5 Å². The maximum Gasteiger partial charge on any atom is 0.249 e. The Labute approximate surface area is 160 Å². The smallest absolute Gasteiger partial charge is 0.249 e. The van der Waals surface area contributed by atoms with Gasteiger partial charge in [0.1, 0.15) is 15.9 Å². The maximum absolute atomic E-state index is 12.8. The molecule has 2 atom stereocenters. The number of halogens is 1. The number of amides is 2. The summed E-state index contributed by atoms with van der Waals surface area (Å²) in [5, 5.41) is 0. The highest BCUT2D eigenvalue weighted by atomic mass is 35.5. The van der Waals surface area contributed by atoms with E-state index in [4.69, 9.17) is 5.73 Å². The van der Waals surface area contributed by atoms with Gasteiger partial charge in [-0.05, 0) is 31.4 Å². The van der Waals surface area contributed by atoms with Crippen molar-refractivity contribution in [3.63, 3.8) is 0 Å². The molecule has 1 heterocycles. The van der Waals surface area contributed by atoms with Gasteiger partial charge < -0.3 is 15.5 Å². The van der Waals surface area contributed by atoms with Crippen LogP contribution in [0.5, 0.6) is 0 Å². The average Bonchev–Trinajstić information content (AvgIpc) is 2.58. The first-order valence-corrected chi connectivity index (χ1v) is 10.3. The van der Waals surface area contributed by atoms with Crippen LogP contribution >= 0.6 is 12.4 Å². The number of nitrogens with zero attached hydrogens (tertiary/aromatic N) is 2. The van der Waals surface area contributed by atoms with Crippen molar-refractivity contribution in [2.45, 2.75) is 31.3 Å². The van der Waals surface area contributed by atoms with E-state index in [-0.39, 0.29) is 30.5 Å². The molecule has 0 spiro atoms. The lowest BCUT2D eigenvalue weighted by Gasteiger charge is -2.37. The molecule has 2 N–H and O–H groups in total. The lowest BCUT2D eigenvalue weighted by atomic mass is 10.0. The molecule has 0 bridgehead atoms. The third-order valence-corrected chi connectivity index (χ3v) is 5.39. The van der Waals surface area contributed by atoms with Gasteiger partial charge in [-0.25, -0.2) is 8.42 Å². The number of anilines is 1. The van der Waals surface area contributed by atoms with Crippen LogP contribution in [0.25, 0.3) is 0 Å². The summed E-state index contributed by atoms with van der Waals surface area (Å²) in [6.45, 7) is 0.613. The van der Waals surface area contributed by atoms with Gasteiger partial charge in [0.15, 0.2) is 0 Å². The minimum absolute atomic E-state index is 0. The van der Waals surface area contributed by atoms with Gasteiger partial charge >= 0.3 is 0 Å². The van der Waals surface area contributed by atoms with Gasteiger partial charge in [0.05, 0.1) is 11.8 Å². The molecule has 1 fully saturated rings. The predicted molar refractivity (Wildman–Crippen MR) is 104 cm³/mol. The van der Waals surface area contributed by atoms with E-state index < -0.39 is 27.8 Å². The molecule has 1 aromatic carbocycles. The maximum atomic E-state index is 12.8. The third-order valence-electron chi connectivity index (χ3n) is 4.41. The Hall–Kier alpha value is -1.64. The first-order valence-electron chi connectivity index (χ1n) is 8.27. The van der Waals surface area contributed by atoms with Crippen molar-refractivity contribution >= 4 is 39.7 Å². The Bertz CT molecular complexity index is 727. The number of hydrogen-bond donors (Lipinski definition) is 1. The molecule has 2 unspecified atom stereocenters. The van der Waals surface area contributed by atoms with Crippen molar-refractivity contribution in [1.29, 1.82) is 0 Å². The Kier molecular flexibility index (Phi) is 8.05. The highest BCUT2D eigenvalue weighted by Crippen LogP contribution is 2.23. The summed E-state index contributed by atoms with van der Waals surface area (Å²) >= 11 is 0. The fourth-order valence-corrected chi connectivity index (χ4v) is 3.64. The Morgan fingerprint density at radius 1 is 1.35 bits per heavy atom. The van der Waals surface area contributed by atoms with Crippen molar-refractivity contribution < 1.29 is 18.0 Å². The largest absolute Gasteiger partial charge is 0.332 e. The van der Waals surface area contributed by atoms with Crippen LogP contribution in [0, 0.1) is 0 Å². The molecular formula is C17H26ClN3O4S. The van der Waals surface area contributed by atoms with Crippen molar-refractivity contribution in [3.8, 4) is 0 Å². The summed E-state index contributed by atoms with van der Waals surface area (Å²) in [6, 6.07) is 7.82. The van der Waals surface area contributed by atoms with Gasteiger partial charge in [0, 0.05) is 25.5 Å². The van der Waals surface area contributed by atoms with Gasteiger partial charge in [0.25, 0.3) is 0 Å². The second-order valence-corrected chi connectivity index (χ2v) is 8.72. The molecule has 0 aliphatic carbocycles. The molecule has 9 heteroatoms. The van der Waals surface area contributed by atoms with Crippen molar-refractivity contribution in [2.24, 2.45) is 5.73 Å². The molecular weight excluding hydrogens is 378 g/mol. The van der Waals surface area contributed by atoms with E-state index in [0.29, 0.717) is 13.0 Å². The number of para-hydroxylation sites is 1. The molecule has 0 radical (unpaired) electrons. The van der Waals surface area contributed by atoms with Gasteiger partial charge in [-0.2, -0.15) is 0 Å². The minimum atomic E-state index is -3.18. The summed E-state index contributed by atoms with van der Waals surface area (Å²) in [4.78, 5) is 28.3. The van der Waals surface area contributed by atoms with Gasteiger partial charge in [-0.15, -0.1) is 12.4 Å². The van der Waals surface area contributed by atoms with Gasteiger partial charge in [-0.1, -0.05) is 18.2 Å². The van der Waals surface area contributed by atoms with Crippen LogP contribution < -0.4 is 10.6 Å². The highest BCUT2D eigenvalue weighted by molar-refractivity contribution is 7.90. The molecule has 0 aromatic heterocycles. The monoisotopic (exact) mass is 403 g/mol. The number of hydrogen-bond acceptors (Lipinski definition) is 5. The molecule has 146 valence electrons. The first-order chi connectivity index (χ1) is 11.7. The Morgan fingerprint density at radius 3 is 2.54 bits per heavy atom. The summed E-state index contributed by atoms with van der Waals surface area (Å²) in [7, 11) is -1.63. The normalized spacial score (nSPS) is 18.8. The minimum Gasteiger partial charge on any atom is -0.332 e. The molecule has 0 saturated carbocycles. The Balaban J connectivity index is 0.00000338. The first kappa shape index (κ1) is 22.4. The number of piperidine rings is 1. The van der Waals surface area contributed by atoms with Crippen LogP contribution in [0.3, 0.4) is 0 Å². The fraction of sp³-hybridized carbons (Fsp3) is 0.529. The number of carbonyl (C=O) groups excluding carboxylic acids is 2. The number of carbonyl (C=O) groups is 2. The molecule has 2 amide bonds. The number of benzene rings is 1. The SMILES string of the molecule is CN(C(=O)C(N)CCS(C)(=O)=O)C1CCCN(c2ccccc2)C1=O.Cl. The molecule has 1 aromatic rings. The zero-order valence-electron chi connectivity index (χ0n) is 15.0. The molecule has 7 nitrogen and oxygen atoms in total.